The van der Waals surface area contributed by atoms with Gasteiger partial charge in [-0.15, -0.1) is 5.92 Å². The molecule has 1 aromatic carbocycles. The predicted molar refractivity (Wildman–Crippen MR) is 123 cm³/mol. The third kappa shape index (κ3) is 3.50. The molecular weight excluding hydrogens is 396 g/mol. The number of nitrogens with zero attached hydrogens (tertiary/aromatic N) is 4. The van der Waals surface area contributed by atoms with Gasteiger partial charge in [-0.2, -0.15) is 9.61 Å². The van der Waals surface area contributed by atoms with Gasteiger partial charge in [-0.3, -0.25) is 0 Å². The summed E-state index contributed by atoms with van der Waals surface area (Å²) >= 11 is 6.64. The average Bonchev–Trinajstić information content (AvgIpc) is 3.33. The van der Waals surface area contributed by atoms with Crippen molar-refractivity contribution in [2.45, 2.75) is 46.5 Å². The topological polar surface area (TPSA) is 42.7 Å². The fourth-order valence-corrected chi connectivity index (χ4v) is 4.55. The minimum atomic E-state index is 0.637. The maximum absolute atomic E-state index is 6.64. The second kappa shape index (κ2) is 8.57. The van der Waals surface area contributed by atoms with E-state index in [2.05, 4.69) is 23.7 Å². The number of rotatable bonds is 6. The lowest BCUT2D eigenvalue weighted by molar-refractivity contribution is 0.415. The molecule has 0 bridgehead atoms. The van der Waals surface area contributed by atoms with Gasteiger partial charge in [-0.1, -0.05) is 24.4 Å². The lowest BCUT2D eigenvalue weighted by Gasteiger charge is -2.25. The molecule has 2 heterocycles. The van der Waals surface area contributed by atoms with Gasteiger partial charge < -0.3 is 9.64 Å². The van der Waals surface area contributed by atoms with Crippen molar-refractivity contribution in [2.75, 3.05) is 25.1 Å². The number of methoxy groups -OCH3 is 1. The summed E-state index contributed by atoms with van der Waals surface area (Å²) in [4.78, 5) is 7.42. The van der Waals surface area contributed by atoms with Gasteiger partial charge in [0.2, 0.25) is 0 Å². The van der Waals surface area contributed by atoms with Crippen LogP contribution in [0.5, 0.6) is 5.75 Å². The zero-order valence-corrected chi connectivity index (χ0v) is 18.8. The first-order valence-corrected chi connectivity index (χ1v) is 10.9. The quantitative estimate of drug-likeness (QED) is 0.518. The van der Waals surface area contributed by atoms with Gasteiger partial charge in [0, 0.05) is 23.4 Å². The number of halogens is 1. The van der Waals surface area contributed by atoms with Crippen LogP contribution < -0.4 is 9.64 Å². The van der Waals surface area contributed by atoms with Crippen molar-refractivity contribution in [3.63, 3.8) is 0 Å². The summed E-state index contributed by atoms with van der Waals surface area (Å²) in [6.45, 7) is 7.72. The number of hydrogen-bond acceptors (Lipinski definition) is 4. The third-order valence-electron chi connectivity index (χ3n) is 5.62. The number of anilines is 1. The monoisotopic (exact) mass is 422 g/mol. The molecule has 0 radical (unpaired) electrons. The van der Waals surface area contributed by atoms with Crippen molar-refractivity contribution in [2.24, 2.45) is 0 Å². The van der Waals surface area contributed by atoms with E-state index in [0.29, 0.717) is 11.6 Å². The number of aryl methyl sites for hydroxylation is 2. The van der Waals surface area contributed by atoms with E-state index in [1.165, 1.54) is 11.3 Å². The van der Waals surface area contributed by atoms with E-state index in [9.17, 15) is 0 Å². The first-order valence-electron chi connectivity index (χ1n) is 10.5. The molecule has 1 aliphatic carbocycles. The molecular formula is C24H27ClN4O. The summed E-state index contributed by atoms with van der Waals surface area (Å²) in [5.41, 5.74) is 6.17. The van der Waals surface area contributed by atoms with Crippen molar-refractivity contribution in [3.8, 4) is 28.7 Å². The van der Waals surface area contributed by atoms with Crippen LogP contribution in [0, 0.1) is 18.8 Å². The Bertz CT molecular complexity index is 1160. The highest BCUT2D eigenvalue weighted by Gasteiger charge is 2.27. The number of hydrogen-bond donors (Lipinski definition) is 0. The molecule has 0 saturated carbocycles. The molecule has 6 heteroatoms. The predicted octanol–water partition coefficient (Wildman–Crippen LogP) is 5.10. The minimum Gasteiger partial charge on any atom is -0.497 e. The zero-order chi connectivity index (χ0) is 21.3. The lowest BCUT2D eigenvalue weighted by Crippen LogP contribution is -2.28. The molecule has 0 unspecified atom stereocenters. The highest BCUT2D eigenvalue weighted by atomic mass is 35.5. The largest absolute Gasteiger partial charge is 0.497 e. The van der Waals surface area contributed by atoms with Crippen molar-refractivity contribution in [3.05, 3.63) is 40.2 Å². The Hall–Kier alpha value is -2.71. The van der Waals surface area contributed by atoms with Crippen LogP contribution in [-0.2, 0) is 12.8 Å². The van der Waals surface area contributed by atoms with Crippen LogP contribution in [0.1, 0.15) is 43.6 Å². The highest BCUT2D eigenvalue weighted by Crippen LogP contribution is 2.39. The highest BCUT2D eigenvalue weighted by molar-refractivity contribution is 6.33. The molecule has 0 fully saturated rings. The molecule has 0 amide bonds. The molecule has 3 aromatic rings. The Morgan fingerprint density at radius 2 is 2.13 bits per heavy atom. The Balaban J connectivity index is 1.98. The van der Waals surface area contributed by atoms with Crippen molar-refractivity contribution in [1.82, 2.24) is 14.6 Å². The third-order valence-corrected chi connectivity index (χ3v) is 5.93. The molecule has 0 atom stereocenters. The molecule has 0 saturated heterocycles. The summed E-state index contributed by atoms with van der Waals surface area (Å²) in [6.07, 6.45) is 4.20. The van der Waals surface area contributed by atoms with Gasteiger partial charge in [0.25, 0.3) is 0 Å². The van der Waals surface area contributed by atoms with Crippen LogP contribution in [0.3, 0.4) is 0 Å². The molecule has 30 heavy (non-hydrogen) atoms. The smallest absolute Gasteiger partial charge is 0.165 e. The van der Waals surface area contributed by atoms with Crippen molar-refractivity contribution < 1.29 is 4.74 Å². The van der Waals surface area contributed by atoms with E-state index in [-0.39, 0.29) is 0 Å². The maximum atomic E-state index is 6.64. The van der Waals surface area contributed by atoms with E-state index in [1.54, 1.807) is 7.11 Å². The first kappa shape index (κ1) is 20.6. The van der Waals surface area contributed by atoms with Crippen molar-refractivity contribution >= 4 is 23.1 Å². The van der Waals surface area contributed by atoms with Crippen LogP contribution >= 0.6 is 11.6 Å². The number of aromatic nitrogens is 3. The fraction of sp³-hybridized carbons (Fsp3) is 0.417. The Labute approximate surface area is 183 Å². The summed E-state index contributed by atoms with van der Waals surface area (Å²) < 4.78 is 7.34. The summed E-state index contributed by atoms with van der Waals surface area (Å²) in [7, 11) is 1.64. The summed E-state index contributed by atoms with van der Waals surface area (Å²) in [6, 6.07) is 5.76. The van der Waals surface area contributed by atoms with Crippen LogP contribution in [-0.4, -0.2) is 34.8 Å². The van der Waals surface area contributed by atoms with Gasteiger partial charge in [-0.05, 0) is 57.7 Å². The van der Waals surface area contributed by atoms with Crippen LogP contribution in [0.15, 0.2) is 18.2 Å². The lowest BCUT2D eigenvalue weighted by atomic mass is 10.1. The molecule has 1 aliphatic rings. The summed E-state index contributed by atoms with van der Waals surface area (Å²) in [5, 5.41) is 5.57. The van der Waals surface area contributed by atoms with Crippen LogP contribution in [0.2, 0.25) is 5.02 Å². The van der Waals surface area contributed by atoms with Gasteiger partial charge in [0.15, 0.2) is 5.65 Å². The molecule has 5 nitrogen and oxygen atoms in total. The SMILES string of the molecule is CC#CCN(CCC)c1c2c(nc3c(-c4ccc(OC)cc4Cl)c(C)nn13)CCC2. The van der Waals surface area contributed by atoms with Crippen LogP contribution in [0.4, 0.5) is 5.82 Å². The van der Waals surface area contributed by atoms with Gasteiger partial charge in [0.1, 0.15) is 11.6 Å². The summed E-state index contributed by atoms with van der Waals surface area (Å²) in [5.74, 6) is 8.15. The first-order chi connectivity index (χ1) is 14.6. The maximum Gasteiger partial charge on any atom is 0.165 e. The number of fused-ring (bicyclic) bond motifs is 2. The molecule has 0 N–H and O–H groups in total. The Morgan fingerprint density at radius 1 is 1.30 bits per heavy atom. The molecule has 0 aliphatic heterocycles. The Kier molecular flexibility index (Phi) is 5.87. The number of benzene rings is 1. The second-order valence-electron chi connectivity index (χ2n) is 7.60. The molecule has 2 aromatic heterocycles. The molecule has 0 spiro atoms. The zero-order valence-electron chi connectivity index (χ0n) is 18.0. The van der Waals surface area contributed by atoms with E-state index in [4.69, 9.17) is 26.4 Å². The van der Waals surface area contributed by atoms with Gasteiger partial charge in [0.05, 0.1) is 29.9 Å². The molecule has 156 valence electrons. The minimum absolute atomic E-state index is 0.637. The van der Waals surface area contributed by atoms with E-state index >= 15 is 0 Å². The molecule has 4 rings (SSSR count). The van der Waals surface area contributed by atoms with Gasteiger partial charge in [-0.25, -0.2) is 4.98 Å². The fourth-order valence-electron chi connectivity index (χ4n) is 4.28. The Morgan fingerprint density at radius 3 is 2.83 bits per heavy atom. The average molecular weight is 423 g/mol. The van der Waals surface area contributed by atoms with Crippen molar-refractivity contribution in [1.29, 1.82) is 0 Å². The van der Waals surface area contributed by atoms with E-state index < -0.39 is 0 Å². The van der Waals surface area contributed by atoms with E-state index in [0.717, 1.165) is 66.3 Å². The van der Waals surface area contributed by atoms with Gasteiger partial charge >= 0.3 is 0 Å². The van der Waals surface area contributed by atoms with E-state index in [1.807, 2.05) is 36.6 Å². The van der Waals surface area contributed by atoms with Crippen LogP contribution in [0.25, 0.3) is 16.8 Å². The standard InChI is InChI=1S/C24H27ClN4O/c1-5-7-14-28(13-6-2)24-19-9-8-10-21(19)26-23-22(16(3)27-29(23)24)18-12-11-17(30-4)15-20(18)25/h11-12,15H,6,8-10,13-14H2,1-4H3. The normalized spacial score (nSPS) is 12.6. The number of ether oxygens (including phenoxy) is 1. The second-order valence-corrected chi connectivity index (χ2v) is 8.01.